The average molecular weight is 237 g/mol. The highest BCUT2D eigenvalue weighted by atomic mass is 16.5. The number of nitrogens with zero attached hydrogens (tertiary/aromatic N) is 1. The summed E-state index contributed by atoms with van der Waals surface area (Å²) in [5.74, 6) is -0.687. The molecular weight excluding hydrogens is 222 g/mol. The lowest BCUT2D eigenvalue weighted by molar-refractivity contribution is -0.137. The van der Waals surface area contributed by atoms with Crippen molar-refractivity contribution in [2.24, 2.45) is 0 Å². The number of rotatable bonds is 5. The first-order valence-electron chi connectivity index (χ1n) is 5.16. The van der Waals surface area contributed by atoms with E-state index in [4.69, 9.17) is 9.84 Å². The van der Waals surface area contributed by atoms with Crippen molar-refractivity contribution >= 4 is 11.9 Å². The molecule has 5 nitrogen and oxygen atoms in total. The number of carbonyl (C=O) groups is 2. The smallest absolute Gasteiger partial charge is 0.305 e. The lowest BCUT2D eigenvalue weighted by Gasteiger charge is -2.17. The van der Waals surface area contributed by atoms with Crippen LogP contribution in [0.5, 0.6) is 5.75 Å². The van der Waals surface area contributed by atoms with E-state index in [1.165, 1.54) is 12.0 Å². The molecule has 1 amide bonds. The summed E-state index contributed by atoms with van der Waals surface area (Å²) in [6.45, 7) is 0.173. The van der Waals surface area contributed by atoms with Gasteiger partial charge in [0.2, 0.25) is 0 Å². The van der Waals surface area contributed by atoms with Crippen molar-refractivity contribution in [3.05, 3.63) is 29.8 Å². The van der Waals surface area contributed by atoms with Gasteiger partial charge in [0.1, 0.15) is 5.75 Å². The molecule has 0 bridgehead atoms. The van der Waals surface area contributed by atoms with Crippen LogP contribution in [-0.2, 0) is 4.79 Å². The zero-order valence-corrected chi connectivity index (χ0v) is 9.84. The number of hydrogen-bond acceptors (Lipinski definition) is 3. The summed E-state index contributed by atoms with van der Waals surface area (Å²) in [4.78, 5) is 23.8. The van der Waals surface area contributed by atoms with Crippen LogP contribution >= 0.6 is 0 Å². The number of amides is 1. The Hall–Kier alpha value is -2.04. The van der Waals surface area contributed by atoms with Crippen LogP contribution in [0.3, 0.4) is 0 Å². The van der Waals surface area contributed by atoms with E-state index < -0.39 is 5.97 Å². The summed E-state index contributed by atoms with van der Waals surface area (Å²) in [6.07, 6.45) is -0.0720. The highest BCUT2D eigenvalue weighted by Gasteiger charge is 2.16. The fraction of sp³-hybridized carbons (Fsp3) is 0.333. The van der Waals surface area contributed by atoms with Crippen LogP contribution in [0.1, 0.15) is 16.8 Å². The summed E-state index contributed by atoms with van der Waals surface area (Å²) in [5, 5.41) is 8.55. The molecule has 0 aliphatic carbocycles. The minimum absolute atomic E-state index is 0.0720. The van der Waals surface area contributed by atoms with Gasteiger partial charge in [-0.3, -0.25) is 9.59 Å². The first-order valence-corrected chi connectivity index (χ1v) is 5.16. The predicted molar refractivity (Wildman–Crippen MR) is 62.2 cm³/mol. The number of carboxylic acids is 1. The van der Waals surface area contributed by atoms with Crippen molar-refractivity contribution in [1.29, 1.82) is 0 Å². The topological polar surface area (TPSA) is 66.8 Å². The highest BCUT2D eigenvalue weighted by molar-refractivity contribution is 5.96. The average Bonchev–Trinajstić information content (AvgIpc) is 2.34. The van der Waals surface area contributed by atoms with Gasteiger partial charge in [0.25, 0.3) is 5.91 Å². The van der Waals surface area contributed by atoms with E-state index in [1.54, 1.807) is 31.3 Å². The fourth-order valence-corrected chi connectivity index (χ4v) is 1.39. The third kappa shape index (κ3) is 3.48. The molecule has 0 aliphatic rings. The van der Waals surface area contributed by atoms with Crippen molar-refractivity contribution in [3.63, 3.8) is 0 Å². The summed E-state index contributed by atoms with van der Waals surface area (Å²) < 4.78 is 5.08. The molecule has 0 spiro atoms. The molecule has 0 aromatic heterocycles. The maximum absolute atomic E-state index is 12.0. The van der Waals surface area contributed by atoms with Crippen molar-refractivity contribution in [3.8, 4) is 5.75 Å². The number of hydrogen-bond donors (Lipinski definition) is 1. The van der Waals surface area contributed by atoms with Crippen molar-refractivity contribution in [2.45, 2.75) is 6.42 Å². The first kappa shape index (κ1) is 13.0. The molecule has 1 N–H and O–H groups in total. The minimum atomic E-state index is -0.926. The van der Waals surface area contributed by atoms with Crippen molar-refractivity contribution in [2.75, 3.05) is 20.7 Å². The van der Waals surface area contributed by atoms with Gasteiger partial charge in [0.15, 0.2) is 0 Å². The number of para-hydroxylation sites is 1. The van der Waals surface area contributed by atoms with Crippen molar-refractivity contribution in [1.82, 2.24) is 4.90 Å². The SMILES string of the molecule is COc1ccccc1C(=O)N(C)CCC(=O)O. The fourth-order valence-electron chi connectivity index (χ4n) is 1.39. The molecule has 0 atom stereocenters. The van der Waals surface area contributed by atoms with Crippen LogP contribution in [0.2, 0.25) is 0 Å². The number of ether oxygens (including phenoxy) is 1. The van der Waals surface area contributed by atoms with Gasteiger partial charge in [-0.25, -0.2) is 0 Å². The van der Waals surface area contributed by atoms with Crippen LogP contribution in [0.15, 0.2) is 24.3 Å². The van der Waals surface area contributed by atoms with Gasteiger partial charge in [-0.05, 0) is 12.1 Å². The number of aliphatic carboxylic acids is 1. The standard InChI is InChI=1S/C12H15NO4/c1-13(8-7-11(14)15)12(16)9-5-3-4-6-10(9)17-2/h3-6H,7-8H2,1-2H3,(H,14,15). The number of carbonyl (C=O) groups excluding carboxylic acids is 1. The Labute approximate surface area is 99.6 Å². The Morgan fingerprint density at radius 1 is 1.35 bits per heavy atom. The summed E-state index contributed by atoms with van der Waals surface area (Å²) >= 11 is 0. The quantitative estimate of drug-likeness (QED) is 0.836. The zero-order chi connectivity index (χ0) is 12.8. The molecule has 0 aliphatic heterocycles. The lowest BCUT2D eigenvalue weighted by Crippen LogP contribution is -2.29. The van der Waals surface area contributed by atoms with Crippen LogP contribution < -0.4 is 4.74 Å². The van der Waals surface area contributed by atoms with Crippen LogP contribution in [0.4, 0.5) is 0 Å². The summed E-state index contributed by atoms with van der Waals surface area (Å²) in [5.41, 5.74) is 0.433. The van der Waals surface area contributed by atoms with E-state index in [2.05, 4.69) is 0 Å². The number of methoxy groups -OCH3 is 1. The lowest BCUT2D eigenvalue weighted by atomic mass is 10.1. The number of carboxylic acid groups (broad SMARTS) is 1. The molecule has 1 aromatic rings. The molecule has 92 valence electrons. The third-order valence-electron chi connectivity index (χ3n) is 2.35. The Morgan fingerprint density at radius 3 is 2.59 bits per heavy atom. The second kappa shape index (κ2) is 5.89. The minimum Gasteiger partial charge on any atom is -0.496 e. The molecule has 17 heavy (non-hydrogen) atoms. The molecule has 5 heteroatoms. The number of benzene rings is 1. The van der Waals surface area contributed by atoms with Crippen LogP contribution in [-0.4, -0.2) is 42.6 Å². The second-order valence-corrected chi connectivity index (χ2v) is 3.57. The monoisotopic (exact) mass is 237 g/mol. The predicted octanol–water partition coefficient (Wildman–Crippen LogP) is 1.24. The summed E-state index contributed by atoms with van der Waals surface area (Å²) in [6, 6.07) is 6.85. The molecule has 0 saturated heterocycles. The van der Waals surface area contributed by atoms with E-state index in [0.717, 1.165) is 0 Å². The van der Waals surface area contributed by atoms with E-state index in [9.17, 15) is 9.59 Å². The largest absolute Gasteiger partial charge is 0.496 e. The normalized spacial score (nSPS) is 9.76. The van der Waals surface area contributed by atoms with Crippen molar-refractivity contribution < 1.29 is 19.4 Å². The summed E-state index contributed by atoms with van der Waals surface area (Å²) in [7, 11) is 3.06. The molecule has 0 saturated carbocycles. The second-order valence-electron chi connectivity index (χ2n) is 3.57. The molecule has 0 fully saturated rings. The molecule has 0 radical (unpaired) electrons. The van der Waals surface area contributed by atoms with Crippen LogP contribution in [0.25, 0.3) is 0 Å². The van der Waals surface area contributed by atoms with E-state index >= 15 is 0 Å². The van der Waals surface area contributed by atoms with Gasteiger partial charge in [0, 0.05) is 13.6 Å². The molecule has 0 unspecified atom stereocenters. The first-order chi connectivity index (χ1) is 8.06. The Morgan fingerprint density at radius 2 is 2.00 bits per heavy atom. The maximum Gasteiger partial charge on any atom is 0.305 e. The Kier molecular flexibility index (Phi) is 4.51. The van der Waals surface area contributed by atoms with Crippen LogP contribution in [0, 0.1) is 0 Å². The highest BCUT2D eigenvalue weighted by Crippen LogP contribution is 2.18. The Balaban J connectivity index is 2.77. The van der Waals surface area contributed by atoms with E-state index in [-0.39, 0.29) is 18.9 Å². The molecule has 1 aromatic carbocycles. The van der Waals surface area contributed by atoms with Gasteiger partial charge in [-0.15, -0.1) is 0 Å². The zero-order valence-electron chi connectivity index (χ0n) is 9.84. The Bertz CT molecular complexity index is 417. The molecular formula is C12H15NO4. The van der Waals surface area contributed by atoms with Gasteiger partial charge >= 0.3 is 5.97 Å². The molecule has 0 heterocycles. The van der Waals surface area contributed by atoms with Gasteiger partial charge in [-0.1, -0.05) is 12.1 Å². The molecule has 1 rings (SSSR count). The van der Waals surface area contributed by atoms with Gasteiger partial charge < -0.3 is 14.7 Å². The third-order valence-corrected chi connectivity index (χ3v) is 2.35. The van der Waals surface area contributed by atoms with Gasteiger partial charge in [0.05, 0.1) is 19.1 Å². The van der Waals surface area contributed by atoms with Gasteiger partial charge in [-0.2, -0.15) is 0 Å². The van der Waals surface area contributed by atoms with E-state index in [1.807, 2.05) is 0 Å². The van der Waals surface area contributed by atoms with E-state index in [0.29, 0.717) is 11.3 Å². The maximum atomic E-state index is 12.0.